The van der Waals surface area contributed by atoms with Crippen molar-refractivity contribution >= 4 is 17.5 Å². The van der Waals surface area contributed by atoms with E-state index in [9.17, 15) is 4.79 Å². The first-order valence-corrected chi connectivity index (χ1v) is 9.14. The highest BCUT2D eigenvalue weighted by Gasteiger charge is 2.10. The van der Waals surface area contributed by atoms with Crippen LogP contribution in [0.25, 0.3) is 0 Å². The molecule has 144 valence electrons. The van der Waals surface area contributed by atoms with Gasteiger partial charge in [0.15, 0.2) is 0 Å². The zero-order valence-electron chi connectivity index (χ0n) is 16.3. The number of rotatable bonds is 7. The predicted octanol–water partition coefficient (Wildman–Crippen LogP) is 3.82. The van der Waals surface area contributed by atoms with Crippen LogP contribution in [-0.2, 0) is 6.42 Å². The quantitative estimate of drug-likeness (QED) is 0.656. The monoisotopic (exact) mass is 376 g/mol. The molecule has 0 saturated carbocycles. The smallest absolute Gasteiger partial charge is 0.270 e. The predicted molar refractivity (Wildman–Crippen MR) is 110 cm³/mol. The van der Waals surface area contributed by atoms with Crippen molar-refractivity contribution in [2.45, 2.75) is 20.3 Å². The van der Waals surface area contributed by atoms with Gasteiger partial charge in [0.1, 0.15) is 11.4 Å². The minimum atomic E-state index is -0.227. The number of amides is 1. The summed E-state index contributed by atoms with van der Waals surface area (Å²) in [4.78, 5) is 21.0. The summed E-state index contributed by atoms with van der Waals surface area (Å²) in [5, 5.41) is 6.12. The molecular weight excluding hydrogens is 352 g/mol. The molecule has 0 unspecified atom stereocenters. The molecule has 6 nitrogen and oxygen atoms in total. The fourth-order valence-corrected chi connectivity index (χ4v) is 2.91. The fourth-order valence-electron chi connectivity index (χ4n) is 2.91. The molecule has 6 heteroatoms. The maximum absolute atomic E-state index is 12.4. The minimum Gasteiger partial charge on any atom is -0.497 e. The molecule has 0 aliphatic rings. The molecule has 28 heavy (non-hydrogen) atoms. The molecule has 0 saturated heterocycles. The molecule has 3 aromatic rings. The molecule has 0 aliphatic heterocycles. The summed E-state index contributed by atoms with van der Waals surface area (Å²) in [5.41, 5.74) is 4.57. The van der Waals surface area contributed by atoms with Crippen molar-refractivity contribution in [3.05, 3.63) is 77.1 Å². The second kappa shape index (κ2) is 8.99. The van der Waals surface area contributed by atoms with E-state index in [1.807, 2.05) is 56.3 Å². The second-order valence-electron chi connectivity index (χ2n) is 6.51. The van der Waals surface area contributed by atoms with E-state index in [1.54, 1.807) is 19.4 Å². The largest absolute Gasteiger partial charge is 0.497 e. The lowest BCUT2D eigenvalue weighted by atomic mass is 10.1. The SMILES string of the molecule is COc1cccc(CCNC(=O)c2ccnc(Nc3c(C)cccc3C)n2)c1. The van der Waals surface area contributed by atoms with Gasteiger partial charge in [0, 0.05) is 18.4 Å². The normalized spacial score (nSPS) is 10.4. The average Bonchev–Trinajstić information content (AvgIpc) is 2.71. The van der Waals surface area contributed by atoms with E-state index in [2.05, 4.69) is 20.6 Å². The number of nitrogens with one attached hydrogen (secondary N) is 2. The number of carbonyl (C=O) groups is 1. The average molecular weight is 376 g/mol. The second-order valence-corrected chi connectivity index (χ2v) is 6.51. The van der Waals surface area contributed by atoms with Crippen LogP contribution >= 0.6 is 0 Å². The molecule has 1 aromatic heterocycles. The van der Waals surface area contributed by atoms with Gasteiger partial charge in [0.2, 0.25) is 5.95 Å². The first-order valence-electron chi connectivity index (χ1n) is 9.14. The number of para-hydroxylation sites is 1. The number of benzene rings is 2. The Morgan fingerprint density at radius 1 is 1.07 bits per heavy atom. The number of carbonyl (C=O) groups excluding carboxylic acids is 1. The van der Waals surface area contributed by atoms with Gasteiger partial charge in [-0.1, -0.05) is 30.3 Å². The Morgan fingerprint density at radius 3 is 2.57 bits per heavy atom. The van der Waals surface area contributed by atoms with Crippen molar-refractivity contribution < 1.29 is 9.53 Å². The van der Waals surface area contributed by atoms with Gasteiger partial charge in [-0.15, -0.1) is 0 Å². The van der Waals surface area contributed by atoms with Crippen LogP contribution in [0, 0.1) is 13.8 Å². The molecule has 0 spiro atoms. The summed E-state index contributed by atoms with van der Waals surface area (Å²) in [6, 6.07) is 15.4. The van der Waals surface area contributed by atoms with Crippen molar-refractivity contribution in [3.8, 4) is 5.75 Å². The zero-order valence-corrected chi connectivity index (χ0v) is 16.3. The van der Waals surface area contributed by atoms with E-state index in [4.69, 9.17) is 4.74 Å². The number of ether oxygens (including phenoxy) is 1. The topological polar surface area (TPSA) is 76.1 Å². The Morgan fingerprint density at radius 2 is 1.82 bits per heavy atom. The third-order valence-electron chi connectivity index (χ3n) is 4.44. The van der Waals surface area contributed by atoms with Gasteiger partial charge in [-0.3, -0.25) is 4.79 Å². The Balaban J connectivity index is 1.62. The number of nitrogens with zero attached hydrogens (tertiary/aromatic N) is 2. The molecule has 0 aliphatic carbocycles. The van der Waals surface area contributed by atoms with Crippen LogP contribution in [0.4, 0.5) is 11.6 Å². The van der Waals surface area contributed by atoms with Gasteiger partial charge in [0.05, 0.1) is 7.11 Å². The maximum atomic E-state index is 12.4. The van der Waals surface area contributed by atoms with Gasteiger partial charge < -0.3 is 15.4 Å². The van der Waals surface area contributed by atoms with Crippen LogP contribution in [0.3, 0.4) is 0 Å². The van der Waals surface area contributed by atoms with E-state index >= 15 is 0 Å². The Kier molecular flexibility index (Phi) is 6.22. The summed E-state index contributed by atoms with van der Waals surface area (Å²) in [7, 11) is 1.64. The van der Waals surface area contributed by atoms with Gasteiger partial charge in [0.25, 0.3) is 5.91 Å². The molecule has 0 fully saturated rings. The molecular formula is C22H24N4O2. The molecule has 2 aromatic carbocycles. The summed E-state index contributed by atoms with van der Waals surface area (Å²) in [6.45, 7) is 4.55. The van der Waals surface area contributed by atoms with Crippen molar-refractivity contribution in [2.75, 3.05) is 19.0 Å². The highest BCUT2D eigenvalue weighted by Crippen LogP contribution is 2.22. The van der Waals surface area contributed by atoms with Gasteiger partial charge in [-0.2, -0.15) is 0 Å². The summed E-state index contributed by atoms with van der Waals surface area (Å²) >= 11 is 0. The van der Waals surface area contributed by atoms with Crippen LogP contribution in [-0.4, -0.2) is 29.5 Å². The van der Waals surface area contributed by atoms with E-state index < -0.39 is 0 Å². The van der Waals surface area contributed by atoms with Crippen molar-refractivity contribution in [2.24, 2.45) is 0 Å². The van der Waals surface area contributed by atoms with Crippen molar-refractivity contribution in [1.29, 1.82) is 0 Å². The Hall–Kier alpha value is -3.41. The number of anilines is 2. The summed E-state index contributed by atoms with van der Waals surface area (Å²) in [6.07, 6.45) is 2.29. The van der Waals surface area contributed by atoms with Gasteiger partial charge in [-0.05, 0) is 55.2 Å². The zero-order chi connectivity index (χ0) is 19.9. The minimum absolute atomic E-state index is 0.227. The lowest BCUT2D eigenvalue weighted by Gasteiger charge is -2.12. The van der Waals surface area contributed by atoms with Crippen LogP contribution in [0.2, 0.25) is 0 Å². The third-order valence-corrected chi connectivity index (χ3v) is 4.44. The van der Waals surface area contributed by atoms with Crippen molar-refractivity contribution in [3.63, 3.8) is 0 Å². The maximum Gasteiger partial charge on any atom is 0.270 e. The summed E-state index contributed by atoms with van der Waals surface area (Å²) in [5.74, 6) is 0.981. The van der Waals surface area contributed by atoms with Gasteiger partial charge >= 0.3 is 0 Å². The number of hydrogen-bond donors (Lipinski definition) is 2. The summed E-state index contributed by atoms with van der Waals surface area (Å²) < 4.78 is 5.22. The molecule has 3 rings (SSSR count). The van der Waals surface area contributed by atoms with Crippen LogP contribution in [0.1, 0.15) is 27.2 Å². The van der Waals surface area contributed by atoms with E-state index in [-0.39, 0.29) is 5.91 Å². The molecule has 0 bridgehead atoms. The highest BCUT2D eigenvalue weighted by atomic mass is 16.5. The van der Waals surface area contributed by atoms with Crippen LogP contribution in [0.5, 0.6) is 5.75 Å². The molecule has 2 N–H and O–H groups in total. The molecule has 0 atom stereocenters. The Labute approximate surface area is 165 Å². The third kappa shape index (κ3) is 4.85. The molecule has 0 radical (unpaired) electrons. The van der Waals surface area contributed by atoms with Crippen LogP contribution in [0.15, 0.2) is 54.7 Å². The van der Waals surface area contributed by atoms with E-state index in [0.717, 1.165) is 28.1 Å². The highest BCUT2D eigenvalue weighted by molar-refractivity contribution is 5.92. The molecule has 1 amide bonds. The lowest BCUT2D eigenvalue weighted by Crippen LogP contribution is -2.26. The first kappa shape index (κ1) is 19.4. The first-order chi connectivity index (χ1) is 13.6. The molecule has 1 heterocycles. The number of aromatic nitrogens is 2. The van der Waals surface area contributed by atoms with Gasteiger partial charge in [-0.25, -0.2) is 9.97 Å². The fraction of sp³-hybridized carbons (Fsp3) is 0.227. The Bertz CT molecular complexity index is 952. The van der Waals surface area contributed by atoms with E-state index in [1.165, 1.54) is 0 Å². The number of methoxy groups -OCH3 is 1. The number of hydrogen-bond acceptors (Lipinski definition) is 5. The van der Waals surface area contributed by atoms with Crippen LogP contribution < -0.4 is 15.4 Å². The lowest BCUT2D eigenvalue weighted by molar-refractivity contribution is 0.0949. The van der Waals surface area contributed by atoms with E-state index in [0.29, 0.717) is 24.6 Å². The van der Waals surface area contributed by atoms with Crippen molar-refractivity contribution in [1.82, 2.24) is 15.3 Å². The standard InChI is InChI=1S/C22H24N4O2/c1-15-6-4-7-16(2)20(15)26-22-24-13-11-19(25-22)21(27)23-12-10-17-8-5-9-18(14-17)28-3/h4-9,11,13-14H,10,12H2,1-3H3,(H,23,27)(H,24,25,26). The number of aryl methyl sites for hydroxylation is 2.